The molecule has 44 valence electrons. The third kappa shape index (κ3) is 2.67. The highest BCUT2D eigenvalue weighted by Crippen LogP contribution is 2.11. The van der Waals surface area contributed by atoms with Crippen molar-refractivity contribution in [1.29, 1.82) is 0 Å². The summed E-state index contributed by atoms with van der Waals surface area (Å²) >= 11 is 0. The molecule has 0 nitrogen and oxygen atoms in total. The van der Waals surface area contributed by atoms with Gasteiger partial charge in [-0.25, -0.2) is 0 Å². The van der Waals surface area contributed by atoms with Gasteiger partial charge in [0.1, 0.15) is 0 Å². The monoisotopic (exact) mass is 99.1 g/mol. The number of hydrogen-bond donors (Lipinski definition) is 0. The fraction of sp³-hybridized carbons (Fsp3) is 0.857. The molecule has 0 heteroatoms. The van der Waals surface area contributed by atoms with E-state index in [1.807, 2.05) is 0 Å². The molecule has 0 N–H and O–H groups in total. The first-order valence-electron chi connectivity index (χ1n) is 2.97. The van der Waals surface area contributed by atoms with Gasteiger partial charge in [0, 0.05) is 0 Å². The first-order chi connectivity index (χ1) is 3.18. The molecule has 7 heavy (non-hydrogen) atoms. The molecule has 0 aliphatic rings. The van der Waals surface area contributed by atoms with Gasteiger partial charge in [0.25, 0.3) is 0 Å². The minimum atomic E-state index is 0.792. The summed E-state index contributed by atoms with van der Waals surface area (Å²) < 4.78 is 0. The maximum atomic E-state index is 3.81. The van der Waals surface area contributed by atoms with Crippen molar-refractivity contribution < 1.29 is 0 Å². The van der Waals surface area contributed by atoms with E-state index in [0.29, 0.717) is 0 Å². The van der Waals surface area contributed by atoms with Crippen molar-refractivity contribution in [2.24, 2.45) is 11.8 Å². The maximum absolute atomic E-state index is 3.81. The molecule has 0 fully saturated rings. The van der Waals surface area contributed by atoms with Crippen LogP contribution in [0.2, 0.25) is 0 Å². The van der Waals surface area contributed by atoms with Crippen LogP contribution in [0, 0.1) is 18.8 Å². The molecule has 0 bridgehead atoms. The standard InChI is InChI=1S/C7H15/c1-5-7(4)6(2)3/h6-7H,1,5H2,2-4H3/q-1. The van der Waals surface area contributed by atoms with Crippen LogP contribution in [0.15, 0.2) is 0 Å². The van der Waals surface area contributed by atoms with Crippen molar-refractivity contribution in [2.45, 2.75) is 27.2 Å². The third-order valence-electron chi connectivity index (χ3n) is 1.59. The Hall–Kier alpha value is 0. The Morgan fingerprint density at radius 1 is 1.29 bits per heavy atom. The summed E-state index contributed by atoms with van der Waals surface area (Å²) in [7, 11) is 0. The van der Waals surface area contributed by atoms with Crippen LogP contribution in [0.25, 0.3) is 0 Å². The summed E-state index contributed by atoms with van der Waals surface area (Å²) in [6.45, 7) is 10.5. The highest BCUT2D eigenvalue weighted by Gasteiger charge is 1.97. The largest absolute Gasteiger partial charge is 0.343 e. The van der Waals surface area contributed by atoms with Gasteiger partial charge in [-0.15, -0.1) is 0 Å². The van der Waals surface area contributed by atoms with Crippen molar-refractivity contribution in [3.05, 3.63) is 6.92 Å². The van der Waals surface area contributed by atoms with Gasteiger partial charge in [-0.05, 0) is 5.92 Å². The zero-order valence-corrected chi connectivity index (χ0v) is 5.57. The van der Waals surface area contributed by atoms with Gasteiger partial charge in [0.05, 0.1) is 0 Å². The van der Waals surface area contributed by atoms with E-state index in [9.17, 15) is 0 Å². The Balaban J connectivity index is 3.14. The molecular weight excluding hydrogens is 84.1 g/mol. The Morgan fingerprint density at radius 2 is 1.71 bits per heavy atom. The fourth-order valence-electron chi connectivity index (χ4n) is 0.333. The van der Waals surface area contributed by atoms with Gasteiger partial charge in [-0.2, -0.15) is 6.42 Å². The van der Waals surface area contributed by atoms with Crippen molar-refractivity contribution >= 4 is 0 Å². The lowest BCUT2D eigenvalue weighted by Crippen LogP contribution is -2.00. The second-order valence-corrected chi connectivity index (χ2v) is 2.51. The molecular formula is C7H15-. The minimum absolute atomic E-state index is 0.792. The van der Waals surface area contributed by atoms with Crippen LogP contribution in [0.4, 0.5) is 0 Å². The van der Waals surface area contributed by atoms with Crippen LogP contribution in [-0.2, 0) is 0 Å². The van der Waals surface area contributed by atoms with E-state index in [1.165, 1.54) is 0 Å². The molecule has 0 aromatic rings. The number of hydrogen-bond acceptors (Lipinski definition) is 0. The molecule has 0 spiro atoms. The van der Waals surface area contributed by atoms with E-state index >= 15 is 0 Å². The molecule has 1 atom stereocenters. The zero-order valence-electron chi connectivity index (χ0n) is 5.57. The van der Waals surface area contributed by atoms with Crippen LogP contribution in [0.3, 0.4) is 0 Å². The lowest BCUT2D eigenvalue weighted by molar-refractivity contribution is 0.423. The number of rotatable bonds is 2. The van der Waals surface area contributed by atoms with E-state index < -0.39 is 0 Å². The maximum Gasteiger partial charge on any atom is -0.0470 e. The predicted molar refractivity (Wildman–Crippen MR) is 34.0 cm³/mol. The Kier molecular flexibility index (Phi) is 3.06. The Morgan fingerprint density at radius 3 is 1.71 bits per heavy atom. The van der Waals surface area contributed by atoms with Crippen molar-refractivity contribution in [1.82, 2.24) is 0 Å². The molecule has 0 aliphatic carbocycles. The highest BCUT2D eigenvalue weighted by molar-refractivity contribution is 4.56. The lowest BCUT2D eigenvalue weighted by atomic mass is 9.96. The molecule has 0 radical (unpaired) electrons. The Labute approximate surface area is 46.9 Å². The molecule has 0 saturated heterocycles. The molecule has 0 aromatic carbocycles. The summed E-state index contributed by atoms with van der Waals surface area (Å²) in [5.74, 6) is 1.59. The Bertz CT molecular complexity index is 37.3. The van der Waals surface area contributed by atoms with Gasteiger partial charge in [0.2, 0.25) is 0 Å². The summed E-state index contributed by atoms with van der Waals surface area (Å²) in [5, 5.41) is 0. The fourth-order valence-corrected chi connectivity index (χ4v) is 0.333. The molecule has 1 unspecified atom stereocenters. The minimum Gasteiger partial charge on any atom is -0.343 e. The molecule has 0 aromatic heterocycles. The van der Waals surface area contributed by atoms with E-state index in [4.69, 9.17) is 0 Å². The van der Waals surface area contributed by atoms with Gasteiger partial charge in [-0.3, -0.25) is 0 Å². The second-order valence-electron chi connectivity index (χ2n) is 2.51. The highest BCUT2D eigenvalue weighted by atomic mass is 14.1. The first kappa shape index (κ1) is 7.00. The summed E-state index contributed by atoms with van der Waals surface area (Å²) in [6.07, 6.45) is 1.07. The smallest absolute Gasteiger partial charge is 0.0470 e. The average Bonchev–Trinajstić information content (AvgIpc) is 1.65. The summed E-state index contributed by atoms with van der Waals surface area (Å²) in [6, 6.07) is 0. The van der Waals surface area contributed by atoms with E-state index in [0.717, 1.165) is 18.3 Å². The predicted octanol–water partition coefficient (Wildman–Crippen LogP) is 2.50. The SMILES string of the molecule is [CH2-]CC(C)C(C)C. The van der Waals surface area contributed by atoms with Crippen LogP contribution >= 0.6 is 0 Å². The molecule has 0 aliphatic heterocycles. The van der Waals surface area contributed by atoms with Gasteiger partial charge in [0.15, 0.2) is 0 Å². The second kappa shape index (κ2) is 3.06. The molecule has 0 rings (SSSR count). The van der Waals surface area contributed by atoms with Gasteiger partial charge < -0.3 is 6.92 Å². The van der Waals surface area contributed by atoms with Crippen LogP contribution in [0.1, 0.15) is 27.2 Å². The van der Waals surface area contributed by atoms with Crippen molar-refractivity contribution in [2.75, 3.05) is 0 Å². The molecule has 0 heterocycles. The topological polar surface area (TPSA) is 0 Å². The first-order valence-corrected chi connectivity index (χ1v) is 2.97. The normalized spacial score (nSPS) is 15.0. The average molecular weight is 99.2 g/mol. The summed E-state index contributed by atoms with van der Waals surface area (Å²) in [4.78, 5) is 0. The van der Waals surface area contributed by atoms with E-state index in [1.54, 1.807) is 0 Å². The van der Waals surface area contributed by atoms with Crippen molar-refractivity contribution in [3.8, 4) is 0 Å². The van der Waals surface area contributed by atoms with Gasteiger partial charge in [-0.1, -0.05) is 26.7 Å². The van der Waals surface area contributed by atoms with Crippen molar-refractivity contribution in [3.63, 3.8) is 0 Å². The summed E-state index contributed by atoms with van der Waals surface area (Å²) in [5.41, 5.74) is 0. The van der Waals surface area contributed by atoms with Crippen LogP contribution in [0.5, 0.6) is 0 Å². The van der Waals surface area contributed by atoms with Gasteiger partial charge >= 0.3 is 0 Å². The van der Waals surface area contributed by atoms with E-state index in [2.05, 4.69) is 27.7 Å². The molecule has 0 amide bonds. The zero-order chi connectivity index (χ0) is 5.86. The lowest BCUT2D eigenvalue weighted by Gasteiger charge is -2.14. The third-order valence-corrected chi connectivity index (χ3v) is 1.59. The van der Waals surface area contributed by atoms with Crippen LogP contribution < -0.4 is 0 Å². The quantitative estimate of drug-likeness (QED) is 0.466. The molecule has 0 saturated carbocycles. The van der Waals surface area contributed by atoms with E-state index in [-0.39, 0.29) is 0 Å². The van der Waals surface area contributed by atoms with Crippen LogP contribution in [-0.4, -0.2) is 0 Å².